The number of piperidine rings is 2. The van der Waals surface area contributed by atoms with Gasteiger partial charge in [0.1, 0.15) is 11.3 Å². The van der Waals surface area contributed by atoms with Crippen molar-refractivity contribution in [2.45, 2.75) is 50.5 Å². The van der Waals surface area contributed by atoms with Gasteiger partial charge in [-0.3, -0.25) is 9.47 Å². The van der Waals surface area contributed by atoms with Gasteiger partial charge in [0, 0.05) is 31.7 Å². The quantitative estimate of drug-likeness (QED) is 0.551. The van der Waals surface area contributed by atoms with Crippen LogP contribution in [0.25, 0.3) is 11.0 Å². The first kappa shape index (κ1) is 23.1. The van der Waals surface area contributed by atoms with Crippen LogP contribution in [0, 0.1) is 5.82 Å². The Morgan fingerprint density at radius 1 is 0.882 bits per heavy atom. The number of fused-ring (bicyclic) bond motifs is 1. The zero-order valence-corrected chi connectivity index (χ0v) is 18.8. The summed E-state index contributed by atoms with van der Waals surface area (Å²) in [4.78, 5) is 19.7. The molecule has 0 unspecified atom stereocenters. The minimum atomic E-state index is -4.34. The van der Waals surface area contributed by atoms with Gasteiger partial charge >= 0.3 is 11.9 Å². The fourth-order valence-corrected chi connectivity index (χ4v) is 5.60. The highest BCUT2D eigenvalue weighted by Gasteiger charge is 2.34. The van der Waals surface area contributed by atoms with Crippen LogP contribution < -0.4 is 5.69 Å². The summed E-state index contributed by atoms with van der Waals surface area (Å²) < 4.78 is 55.7. The maximum absolute atomic E-state index is 14.0. The number of rotatable bonds is 4. The van der Waals surface area contributed by atoms with Gasteiger partial charge in [-0.25, -0.2) is 9.18 Å². The summed E-state index contributed by atoms with van der Waals surface area (Å²) in [5.41, 5.74) is 0.373. The third-order valence-corrected chi connectivity index (χ3v) is 7.36. The molecule has 9 heteroatoms. The first-order valence-corrected chi connectivity index (χ1v) is 11.8. The van der Waals surface area contributed by atoms with E-state index in [1.165, 1.54) is 12.1 Å². The first-order chi connectivity index (χ1) is 16.3. The molecule has 0 radical (unpaired) electrons. The fourth-order valence-electron chi connectivity index (χ4n) is 5.60. The Balaban J connectivity index is 1.17. The second-order valence-electron chi connectivity index (χ2n) is 9.36. The molecule has 2 saturated heterocycles. The Bertz CT molecular complexity index is 1200. The van der Waals surface area contributed by atoms with Gasteiger partial charge < -0.3 is 9.88 Å². The van der Waals surface area contributed by atoms with Crippen molar-refractivity contribution < 1.29 is 17.6 Å². The zero-order valence-electron chi connectivity index (χ0n) is 18.8. The van der Waals surface area contributed by atoms with Crippen molar-refractivity contribution in [3.8, 4) is 0 Å². The average molecular weight is 477 g/mol. The average Bonchev–Trinajstić information content (AvgIpc) is 3.17. The number of aromatic amines is 1. The highest BCUT2D eigenvalue weighted by Crippen LogP contribution is 2.33. The number of likely N-dealkylation sites (tertiary alicyclic amines) is 2. The first-order valence-electron chi connectivity index (χ1n) is 11.8. The highest BCUT2D eigenvalue weighted by atomic mass is 19.4. The molecule has 5 nitrogen and oxygen atoms in total. The summed E-state index contributed by atoms with van der Waals surface area (Å²) in [5.74, 6) is -0.421. The Morgan fingerprint density at radius 2 is 1.56 bits per heavy atom. The van der Waals surface area contributed by atoms with Gasteiger partial charge in [0.15, 0.2) is 0 Å². The van der Waals surface area contributed by atoms with Gasteiger partial charge in [-0.2, -0.15) is 13.2 Å². The van der Waals surface area contributed by atoms with E-state index in [0.717, 1.165) is 57.9 Å². The van der Waals surface area contributed by atoms with Crippen molar-refractivity contribution in [3.63, 3.8) is 0 Å². The molecule has 34 heavy (non-hydrogen) atoms. The minimum Gasteiger partial charge on any atom is -0.303 e. The van der Waals surface area contributed by atoms with Crippen LogP contribution in [0.4, 0.5) is 17.6 Å². The third kappa shape index (κ3) is 4.51. The predicted molar refractivity (Wildman–Crippen MR) is 122 cm³/mol. The molecule has 0 spiro atoms. The smallest absolute Gasteiger partial charge is 0.303 e. The van der Waals surface area contributed by atoms with E-state index < -0.39 is 17.6 Å². The minimum absolute atomic E-state index is 0.0262. The number of aromatic nitrogens is 2. The number of halogens is 4. The van der Waals surface area contributed by atoms with E-state index in [-0.39, 0.29) is 17.2 Å². The van der Waals surface area contributed by atoms with Crippen molar-refractivity contribution in [1.29, 1.82) is 0 Å². The van der Waals surface area contributed by atoms with Gasteiger partial charge in [-0.1, -0.05) is 24.3 Å². The fraction of sp³-hybridized carbons (Fsp3) is 0.480. The van der Waals surface area contributed by atoms with Crippen molar-refractivity contribution in [1.82, 2.24) is 19.4 Å². The van der Waals surface area contributed by atoms with Crippen molar-refractivity contribution in [2.24, 2.45) is 0 Å². The van der Waals surface area contributed by atoms with Gasteiger partial charge in [0.2, 0.25) is 0 Å². The van der Waals surface area contributed by atoms with Gasteiger partial charge in [-0.15, -0.1) is 0 Å². The van der Waals surface area contributed by atoms with Crippen LogP contribution in [0.5, 0.6) is 0 Å². The summed E-state index contributed by atoms with van der Waals surface area (Å²) in [7, 11) is 0. The largest absolute Gasteiger partial charge is 0.416 e. The lowest BCUT2D eigenvalue weighted by Crippen LogP contribution is -2.48. The Morgan fingerprint density at radius 3 is 2.26 bits per heavy atom. The highest BCUT2D eigenvalue weighted by molar-refractivity contribution is 5.75. The molecule has 0 saturated carbocycles. The number of alkyl halides is 3. The molecule has 0 aliphatic carbocycles. The Labute approximate surface area is 195 Å². The summed E-state index contributed by atoms with van der Waals surface area (Å²) in [5, 5.41) is 0. The zero-order chi connectivity index (χ0) is 23.9. The molecule has 182 valence electrons. The summed E-state index contributed by atoms with van der Waals surface area (Å²) in [6.07, 6.45) is -0.892. The summed E-state index contributed by atoms with van der Waals surface area (Å²) >= 11 is 0. The topological polar surface area (TPSA) is 44.3 Å². The van der Waals surface area contributed by atoms with Crippen molar-refractivity contribution >= 4 is 11.0 Å². The summed E-state index contributed by atoms with van der Waals surface area (Å²) in [6.45, 7) is 3.53. The Hall–Kier alpha value is -2.65. The van der Waals surface area contributed by atoms with Crippen LogP contribution in [0.15, 0.2) is 47.3 Å². The lowest BCUT2D eigenvalue weighted by molar-refractivity contribution is -0.138. The molecular formula is C25H28F4N4O. The third-order valence-electron chi connectivity index (χ3n) is 7.36. The monoisotopic (exact) mass is 476 g/mol. The van der Waals surface area contributed by atoms with Crippen LogP contribution >= 0.6 is 0 Å². The molecule has 2 aliphatic heterocycles. The number of hydrogen-bond acceptors (Lipinski definition) is 3. The van der Waals surface area contributed by atoms with Crippen LogP contribution in [-0.2, 0) is 12.7 Å². The van der Waals surface area contributed by atoms with Crippen LogP contribution in [0.2, 0.25) is 0 Å². The van der Waals surface area contributed by atoms with E-state index in [9.17, 15) is 22.4 Å². The number of nitrogens with zero attached hydrogens (tertiary/aromatic N) is 3. The molecule has 0 amide bonds. The van der Waals surface area contributed by atoms with E-state index in [1.807, 2.05) is 0 Å². The molecule has 2 aliphatic rings. The van der Waals surface area contributed by atoms with E-state index in [4.69, 9.17) is 0 Å². The normalized spacial score (nSPS) is 19.8. The predicted octanol–water partition coefficient (Wildman–Crippen LogP) is 4.79. The van der Waals surface area contributed by atoms with E-state index in [1.54, 1.807) is 28.8 Å². The number of H-pyrrole nitrogens is 1. The van der Waals surface area contributed by atoms with Gasteiger partial charge in [-0.05, 0) is 62.5 Å². The Kier molecular flexibility index (Phi) is 6.24. The van der Waals surface area contributed by atoms with Crippen LogP contribution in [0.1, 0.15) is 42.9 Å². The maximum atomic E-state index is 14.0. The molecular weight excluding hydrogens is 448 g/mol. The van der Waals surface area contributed by atoms with Crippen molar-refractivity contribution in [2.75, 3.05) is 26.2 Å². The molecule has 0 atom stereocenters. The molecule has 3 heterocycles. The van der Waals surface area contributed by atoms with Gasteiger partial charge in [0.05, 0.1) is 11.1 Å². The lowest BCUT2D eigenvalue weighted by atomic mass is 9.97. The maximum Gasteiger partial charge on any atom is 0.416 e. The van der Waals surface area contributed by atoms with Gasteiger partial charge in [0.25, 0.3) is 0 Å². The number of nitrogens with one attached hydrogen (secondary N) is 1. The lowest BCUT2D eigenvalue weighted by Gasteiger charge is -2.42. The van der Waals surface area contributed by atoms with E-state index in [2.05, 4.69) is 14.8 Å². The molecule has 0 bridgehead atoms. The number of para-hydroxylation sites is 1. The van der Waals surface area contributed by atoms with E-state index in [0.29, 0.717) is 23.7 Å². The molecule has 2 fully saturated rings. The standard InChI is InChI=1S/C25H28F4N4O/c26-21-6-3-7-22-23(21)30-24(34)33(22)19-10-14-32(15-11-19)18-8-12-31(13-9-18)16-17-4-1-2-5-20(17)25(27,28)29/h1-7,18-19H,8-16H2,(H,30,34). The van der Waals surface area contributed by atoms with Crippen LogP contribution in [0.3, 0.4) is 0 Å². The van der Waals surface area contributed by atoms with Crippen molar-refractivity contribution in [3.05, 3.63) is 69.9 Å². The van der Waals surface area contributed by atoms with Crippen LogP contribution in [-0.4, -0.2) is 51.6 Å². The number of imidazole rings is 1. The molecule has 1 aromatic heterocycles. The summed E-state index contributed by atoms with van der Waals surface area (Å²) in [6, 6.07) is 11.0. The second-order valence-corrected chi connectivity index (χ2v) is 9.36. The molecule has 2 aromatic carbocycles. The molecule has 5 rings (SSSR count). The second kappa shape index (κ2) is 9.19. The molecule has 3 aromatic rings. The number of benzene rings is 2. The van der Waals surface area contributed by atoms with E-state index >= 15 is 0 Å². The molecule has 1 N–H and O–H groups in total. The SMILES string of the molecule is O=c1[nH]c2c(F)cccc2n1C1CCN(C2CCN(Cc3ccccc3C(F)(F)F)CC2)CC1. The number of hydrogen-bond donors (Lipinski definition) is 1.